The number of rotatable bonds is 6. The maximum absolute atomic E-state index is 13.2. The number of carbonyl (C=O) groups excluding carboxylic acids is 1. The van der Waals surface area contributed by atoms with Crippen molar-refractivity contribution in [2.45, 2.75) is 18.7 Å². The van der Waals surface area contributed by atoms with E-state index in [-0.39, 0.29) is 16.4 Å². The number of hydrogen-bond acceptors (Lipinski definition) is 5. The van der Waals surface area contributed by atoms with E-state index in [2.05, 4.69) is 4.72 Å². The third-order valence-corrected chi connectivity index (χ3v) is 6.42. The molecule has 0 atom stereocenters. The molecule has 0 saturated carbocycles. The van der Waals surface area contributed by atoms with Crippen molar-refractivity contribution in [3.8, 4) is 11.1 Å². The van der Waals surface area contributed by atoms with E-state index >= 15 is 0 Å². The minimum absolute atomic E-state index is 0.0577. The SMILES string of the molecule is CCOC(=O)c1scc(-c2ccccc2)c1S(=O)(=O)Nc1ccc(C)cc1. The van der Waals surface area contributed by atoms with Gasteiger partial charge >= 0.3 is 5.97 Å². The fraction of sp³-hybridized carbons (Fsp3) is 0.150. The van der Waals surface area contributed by atoms with Crippen LogP contribution in [0.25, 0.3) is 11.1 Å². The zero-order valence-electron chi connectivity index (χ0n) is 14.9. The van der Waals surface area contributed by atoms with Crippen LogP contribution in [0.1, 0.15) is 22.2 Å². The molecule has 27 heavy (non-hydrogen) atoms. The first-order valence-corrected chi connectivity index (χ1v) is 10.7. The van der Waals surface area contributed by atoms with Gasteiger partial charge in [0.2, 0.25) is 0 Å². The molecule has 7 heteroatoms. The van der Waals surface area contributed by atoms with Crippen molar-refractivity contribution in [2.75, 3.05) is 11.3 Å². The Morgan fingerprint density at radius 1 is 1.07 bits per heavy atom. The van der Waals surface area contributed by atoms with Gasteiger partial charge in [0.25, 0.3) is 10.0 Å². The van der Waals surface area contributed by atoms with Crippen molar-refractivity contribution in [2.24, 2.45) is 0 Å². The number of sulfonamides is 1. The standard InChI is InChI=1S/C20H19NO4S2/c1-3-25-20(22)18-19(17(13-26-18)15-7-5-4-6-8-15)27(23,24)21-16-11-9-14(2)10-12-16/h4-13,21H,3H2,1-2H3. The Labute approximate surface area is 162 Å². The summed E-state index contributed by atoms with van der Waals surface area (Å²) in [6, 6.07) is 16.1. The number of thiophene rings is 1. The van der Waals surface area contributed by atoms with E-state index in [0.29, 0.717) is 16.8 Å². The molecule has 3 aromatic rings. The molecule has 2 aromatic carbocycles. The van der Waals surface area contributed by atoms with E-state index in [9.17, 15) is 13.2 Å². The monoisotopic (exact) mass is 401 g/mol. The second kappa shape index (κ2) is 7.94. The highest BCUT2D eigenvalue weighted by Crippen LogP contribution is 2.36. The summed E-state index contributed by atoms with van der Waals surface area (Å²) in [5.41, 5.74) is 2.64. The van der Waals surface area contributed by atoms with Gasteiger partial charge in [-0.2, -0.15) is 0 Å². The van der Waals surface area contributed by atoms with Crippen molar-refractivity contribution in [3.63, 3.8) is 0 Å². The molecule has 5 nitrogen and oxygen atoms in total. The van der Waals surface area contributed by atoms with Crippen molar-refractivity contribution < 1.29 is 17.9 Å². The normalized spacial score (nSPS) is 11.2. The van der Waals surface area contributed by atoms with E-state index < -0.39 is 16.0 Å². The summed E-state index contributed by atoms with van der Waals surface area (Å²) < 4.78 is 33.9. The van der Waals surface area contributed by atoms with Crippen LogP contribution < -0.4 is 4.72 Å². The van der Waals surface area contributed by atoms with Gasteiger partial charge in [-0.1, -0.05) is 48.0 Å². The molecule has 1 aromatic heterocycles. The maximum atomic E-state index is 13.2. The van der Waals surface area contributed by atoms with Crippen molar-refractivity contribution in [1.82, 2.24) is 0 Å². The summed E-state index contributed by atoms with van der Waals surface area (Å²) in [6.45, 7) is 3.77. The molecule has 0 fully saturated rings. The Kier molecular flexibility index (Phi) is 5.62. The highest BCUT2D eigenvalue weighted by atomic mass is 32.2. The molecule has 140 valence electrons. The first-order chi connectivity index (χ1) is 12.9. The van der Waals surface area contributed by atoms with Crippen LogP contribution in [0.4, 0.5) is 5.69 Å². The molecule has 1 N–H and O–H groups in total. The van der Waals surface area contributed by atoms with Gasteiger partial charge in [-0.3, -0.25) is 4.72 Å². The zero-order chi connectivity index (χ0) is 19.4. The van der Waals surface area contributed by atoms with Crippen LogP contribution in [0.2, 0.25) is 0 Å². The summed E-state index contributed by atoms with van der Waals surface area (Å²) in [5.74, 6) is -0.644. The van der Waals surface area contributed by atoms with Crippen LogP contribution in [0.15, 0.2) is 64.9 Å². The Morgan fingerprint density at radius 3 is 2.37 bits per heavy atom. The molecule has 1 heterocycles. The molecule has 0 bridgehead atoms. The third-order valence-electron chi connectivity index (χ3n) is 3.86. The Bertz CT molecular complexity index is 1040. The molecular formula is C20H19NO4S2. The second-order valence-electron chi connectivity index (χ2n) is 5.87. The minimum Gasteiger partial charge on any atom is -0.462 e. The summed E-state index contributed by atoms with van der Waals surface area (Å²) in [6.07, 6.45) is 0. The molecule has 0 radical (unpaired) electrons. The lowest BCUT2D eigenvalue weighted by Crippen LogP contribution is -2.17. The molecule has 0 unspecified atom stereocenters. The summed E-state index contributed by atoms with van der Waals surface area (Å²) in [4.78, 5) is 12.4. The van der Waals surface area contributed by atoms with Gasteiger partial charge < -0.3 is 4.74 Å². The number of anilines is 1. The first kappa shape index (κ1) is 19.1. The van der Waals surface area contributed by atoms with Crippen molar-refractivity contribution >= 4 is 33.0 Å². The number of nitrogens with one attached hydrogen (secondary N) is 1. The minimum atomic E-state index is -4.00. The highest BCUT2D eigenvalue weighted by Gasteiger charge is 2.30. The predicted octanol–water partition coefficient (Wildman–Crippen LogP) is 4.70. The van der Waals surface area contributed by atoms with E-state index in [1.807, 2.05) is 49.4 Å². The van der Waals surface area contributed by atoms with Crippen molar-refractivity contribution in [3.05, 3.63) is 70.4 Å². The average Bonchev–Trinajstić information content (AvgIpc) is 3.11. The quantitative estimate of drug-likeness (QED) is 0.608. The Morgan fingerprint density at radius 2 is 1.74 bits per heavy atom. The predicted molar refractivity (Wildman–Crippen MR) is 108 cm³/mol. The first-order valence-electron chi connectivity index (χ1n) is 8.36. The Hall–Kier alpha value is -2.64. The summed E-state index contributed by atoms with van der Waals surface area (Å²) >= 11 is 1.07. The lowest BCUT2D eigenvalue weighted by atomic mass is 10.1. The lowest BCUT2D eigenvalue weighted by Gasteiger charge is -2.11. The number of benzene rings is 2. The van der Waals surface area contributed by atoms with Crippen LogP contribution in [0.3, 0.4) is 0 Å². The fourth-order valence-corrected chi connectivity index (χ4v) is 5.35. The van der Waals surface area contributed by atoms with Crippen LogP contribution in [0, 0.1) is 6.92 Å². The topological polar surface area (TPSA) is 72.5 Å². The second-order valence-corrected chi connectivity index (χ2v) is 8.36. The Balaban J connectivity index is 2.11. The van der Waals surface area contributed by atoms with Crippen LogP contribution in [0.5, 0.6) is 0 Å². The largest absolute Gasteiger partial charge is 0.462 e. The van der Waals surface area contributed by atoms with Crippen LogP contribution >= 0.6 is 11.3 Å². The average molecular weight is 402 g/mol. The van der Waals surface area contributed by atoms with E-state index in [1.165, 1.54) is 0 Å². The third kappa shape index (κ3) is 4.20. The van der Waals surface area contributed by atoms with Crippen LogP contribution in [-0.2, 0) is 14.8 Å². The van der Waals surface area contributed by atoms with Gasteiger partial charge in [0.05, 0.1) is 6.61 Å². The number of aryl methyl sites for hydroxylation is 1. The molecule has 3 rings (SSSR count). The lowest BCUT2D eigenvalue weighted by molar-refractivity contribution is 0.0528. The van der Waals surface area contributed by atoms with Gasteiger partial charge in [-0.15, -0.1) is 11.3 Å². The number of carbonyl (C=O) groups is 1. The summed E-state index contributed by atoms with van der Waals surface area (Å²) in [5, 5.41) is 1.67. The van der Waals surface area contributed by atoms with E-state index in [1.54, 1.807) is 24.4 Å². The smallest absolute Gasteiger partial charge is 0.349 e. The molecule has 0 aliphatic heterocycles. The number of esters is 1. The molecule has 0 saturated heterocycles. The number of ether oxygens (including phenoxy) is 1. The fourth-order valence-electron chi connectivity index (χ4n) is 2.60. The molecule has 0 spiro atoms. The zero-order valence-corrected chi connectivity index (χ0v) is 16.6. The molecule has 0 aliphatic carbocycles. The van der Waals surface area contributed by atoms with E-state index in [0.717, 1.165) is 16.9 Å². The molecular weight excluding hydrogens is 382 g/mol. The van der Waals surface area contributed by atoms with Gasteiger partial charge in [-0.05, 0) is 31.5 Å². The number of hydrogen-bond donors (Lipinski definition) is 1. The van der Waals surface area contributed by atoms with E-state index in [4.69, 9.17) is 4.74 Å². The van der Waals surface area contributed by atoms with Gasteiger partial charge in [0, 0.05) is 16.6 Å². The van der Waals surface area contributed by atoms with Crippen LogP contribution in [-0.4, -0.2) is 21.0 Å². The molecule has 0 aliphatic rings. The molecule has 0 amide bonds. The summed E-state index contributed by atoms with van der Waals surface area (Å²) in [7, 11) is -4.00. The van der Waals surface area contributed by atoms with Crippen molar-refractivity contribution in [1.29, 1.82) is 0 Å². The van der Waals surface area contributed by atoms with Gasteiger partial charge in [0.15, 0.2) is 0 Å². The maximum Gasteiger partial charge on any atom is 0.349 e. The highest BCUT2D eigenvalue weighted by molar-refractivity contribution is 7.93. The van der Waals surface area contributed by atoms with Gasteiger partial charge in [0.1, 0.15) is 9.77 Å². The van der Waals surface area contributed by atoms with Gasteiger partial charge in [-0.25, -0.2) is 13.2 Å².